The van der Waals surface area contributed by atoms with Gasteiger partial charge in [-0.2, -0.15) is 0 Å². The molecule has 0 N–H and O–H groups in total. The molecular weight excluding hydrogens is 446 g/mol. The van der Waals surface area contributed by atoms with Gasteiger partial charge in [0.1, 0.15) is 0 Å². The summed E-state index contributed by atoms with van der Waals surface area (Å²) in [4.78, 5) is 0. The first kappa shape index (κ1) is 16.4. The van der Waals surface area contributed by atoms with Gasteiger partial charge in [-0.05, 0) is 0 Å². The van der Waals surface area contributed by atoms with Crippen LogP contribution in [0.25, 0.3) is 0 Å². The van der Waals surface area contributed by atoms with Gasteiger partial charge < -0.3 is 0 Å². The molecule has 0 atom stereocenters. The summed E-state index contributed by atoms with van der Waals surface area (Å²) in [6.45, 7) is 0. The summed E-state index contributed by atoms with van der Waals surface area (Å²) in [6, 6.07) is 0. The van der Waals surface area contributed by atoms with E-state index < -0.39 is 0 Å². The third-order valence-electron chi connectivity index (χ3n) is 0. The molecule has 0 aromatic carbocycles. The summed E-state index contributed by atoms with van der Waals surface area (Å²) >= 11 is 0.300. The Morgan fingerprint density at radius 1 is 1.25 bits per heavy atom. The van der Waals surface area contributed by atoms with Crippen LogP contribution in [0.1, 0.15) is 0 Å². The maximum atomic E-state index is 8.34. The van der Waals surface area contributed by atoms with Gasteiger partial charge in [0, 0.05) is 22.4 Å². The van der Waals surface area contributed by atoms with E-state index in [9.17, 15) is 0 Å². The fraction of sp³-hybridized carbons (Fsp3) is 0. The third-order valence-corrected chi connectivity index (χ3v) is 0. The van der Waals surface area contributed by atoms with Crippen LogP contribution in [0.2, 0.25) is 0 Å². The summed E-state index contributed by atoms with van der Waals surface area (Å²) in [5.74, 6) is 0. The molecule has 1 nitrogen and oxygen atoms in total. The molecule has 0 bridgehead atoms. The van der Waals surface area contributed by atoms with Crippen LogP contribution in [-0.2, 0) is 25.5 Å². The van der Waals surface area contributed by atoms with Gasteiger partial charge in [0.15, 0.2) is 0 Å². The molecule has 0 aliphatic rings. The first-order chi connectivity index (χ1) is 1.00. The van der Waals surface area contributed by atoms with E-state index in [0.29, 0.717) is 22.5 Å². The fourth-order valence-corrected chi connectivity index (χ4v) is 0. The van der Waals surface area contributed by atoms with Gasteiger partial charge >= 0.3 is 51.4 Å². The van der Waals surface area contributed by atoms with Crippen molar-refractivity contribution in [1.82, 2.24) is 0 Å². The van der Waals surface area contributed by atoms with Gasteiger partial charge in [-0.3, -0.25) is 0 Å². The second kappa shape index (κ2) is 18.9. The van der Waals surface area contributed by atoms with Crippen molar-refractivity contribution >= 4 is 48.4 Å². The zero-order valence-corrected chi connectivity index (χ0v) is 6.23. The van der Waals surface area contributed by atoms with E-state index in [1.807, 2.05) is 0 Å². The van der Waals surface area contributed by atoms with Gasteiger partial charge in [0.25, 0.3) is 0 Å². The zero-order valence-electron chi connectivity index (χ0n) is 1.21. The van der Waals surface area contributed by atoms with Crippen LogP contribution in [0.3, 0.4) is 0 Å². The van der Waals surface area contributed by atoms with Gasteiger partial charge in [0.05, 0.1) is 0 Å². The molecule has 0 saturated carbocycles. The summed E-state index contributed by atoms with van der Waals surface area (Å²) in [7, 11) is 0. The van der Waals surface area contributed by atoms with Crippen molar-refractivity contribution in [2.24, 2.45) is 0 Å². The van der Waals surface area contributed by atoms with Crippen LogP contribution < -0.4 is 0 Å². The molecule has 0 saturated heterocycles. The van der Waals surface area contributed by atoms with Crippen LogP contribution in [0, 0.1) is 0 Å². The van der Waals surface area contributed by atoms with Gasteiger partial charge in [0.2, 0.25) is 0 Å². The molecular formula is H3AuInOSn. The van der Waals surface area contributed by atoms with Crippen molar-refractivity contribution in [2.75, 3.05) is 0 Å². The van der Waals surface area contributed by atoms with Crippen molar-refractivity contribution in [1.29, 1.82) is 0 Å². The molecule has 0 aromatic rings. The first-order valence-corrected chi connectivity index (χ1v) is 1.37. The van der Waals surface area contributed by atoms with E-state index in [1.54, 1.807) is 0 Å². The molecule has 0 aromatic heterocycles. The van der Waals surface area contributed by atoms with Crippen molar-refractivity contribution < 1.29 is 25.5 Å². The van der Waals surface area contributed by atoms with Crippen LogP contribution in [-0.4, -0.2) is 48.4 Å². The number of hydrogen-bond acceptors (Lipinski definition) is 1. The van der Waals surface area contributed by atoms with Crippen molar-refractivity contribution in [2.45, 2.75) is 0 Å². The average Bonchev–Trinajstić information content (AvgIpc) is 1.00. The molecule has 0 heterocycles. The molecule has 0 spiro atoms. The normalized spacial score (nSPS) is 1.00. The van der Waals surface area contributed by atoms with Crippen LogP contribution >= 0.6 is 0 Å². The second-order valence-electron chi connectivity index (χ2n) is 0. The Morgan fingerprint density at radius 2 is 1.25 bits per heavy atom. The number of hydrogen-bond donors (Lipinski definition) is 0. The van der Waals surface area contributed by atoms with Crippen molar-refractivity contribution in [3.8, 4) is 0 Å². The second-order valence-corrected chi connectivity index (χ2v) is 0. The summed E-state index contributed by atoms with van der Waals surface area (Å²) in [6.07, 6.45) is 0. The topological polar surface area (TPSA) is 17.1 Å². The average molecular weight is 450 g/mol. The monoisotopic (exact) mass is 451 g/mol. The quantitative estimate of drug-likeness (QED) is 0.404. The molecule has 4 heavy (non-hydrogen) atoms. The van der Waals surface area contributed by atoms with Crippen molar-refractivity contribution in [3.05, 3.63) is 0 Å². The van der Waals surface area contributed by atoms with E-state index in [1.165, 1.54) is 0 Å². The van der Waals surface area contributed by atoms with E-state index >= 15 is 0 Å². The Morgan fingerprint density at radius 3 is 1.25 bits per heavy atom. The number of rotatable bonds is 0. The Kier molecular flexibility index (Phi) is 77.3. The fourth-order valence-electron chi connectivity index (χ4n) is 0. The minimum absolute atomic E-state index is 0. The SMILES string of the molecule is [Au].[InH3].[O]=[Sn]. The summed E-state index contributed by atoms with van der Waals surface area (Å²) in [5, 5.41) is 0. The Hall–Kier alpha value is 2.21. The Balaban J connectivity index is -0.00000000500. The summed E-state index contributed by atoms with van der Waals surface area (Å²) < 4.78 is 8.34. The molecule has 0 aliphatic heterocycles. The van der Waals surface area contributed by atoms with E-state index in [2.05, 4.69) is 0 Å². The summed E-state index contributed by atoms with van der Waals surface area (Å²) in [5.41, 5.74) is 0. The van der Waals surface area contributed by atoms with Crippen molar-refractivity contribution in [3.63, 3.8) is 0 Å². The Labute approximate surface area is 72.7 Å². The van der Waals surface area contributed by atoms with E-state index in [0.717, 1.165) is 0 Å². The molecule has 3 radical (unpaired) electrons. The van der Waals surface area contributed by atoms with Crippen LogP contribution in [0.15, 0.2) is 0 Å². The predicted molar refractivity (Wildman–Crippen MR) is 16.4 cm³/mol. The van der Waals surface area contributed by atoms with Crippen LogP contribution in [0.4, 0.5) is 0 Å². The van der Waals surface area contributed by atoms with Gasteiger partial charge in [-0.15, -0.1) is 0 Å². The molecule has 0 amide bonds. The molecule has 0 aliphatic carbocycles. The Bertz CT molecular complexity index is 8.00. The maximum absolute atomic E-state index is 8.34. The third kappa shape index (κ3) is 8.88. The van der Waals surface area contributed by atoms with E-state index in [4.69, 9.17) is 3.08 Å². The molecule has 4 heteroatoms. The molecule has 0 rings (SSSR count). The molecule has 0 fully saturated rings. The predicted octanol–water partition coefficient (Wildman–Crippen LogP) is -1.69. The zero-order chi connectivity index (χ0) is 2.00. The van der Waals surface area contributed by atoms with Gasteiger partial charge in [-0.1, -0.05) is 0 Å². The van der Waals surface area contributed by atoms with Crippen LogP contribution in [0.5, 0.6) is 0 Å². The standard InChI is InChI=1S/Au.In.O.Sn.3H. The first-order valence-electron chi connectivity index (χ1n) is 0.204. The minimum atomic E-state index is 0. The van der Waals surface area contributed by atoms with E-state index in [-0.39, 0.29) is 48.2 Å². The molecule has 0 unspecified atom stereocenters. The van der Waals surface area contributed by atoms with Gasteiger partial charge in [-0.25, -0.2) is 0 Å². The molecule has 27 valence electrons.